The molecule has 0 aliphatic rings. The molecule has 0 amide bonds. The van der Waals surface area contributed by atoms with Gasteiger partial charge in [-0.3, -0.25) is 10.1 Å². The Labute approximate surface area is 99.2 Å². The van der Waals surface area contributed by atoms with Crippen LogP contribution in [0.4, 0.5) is 11.4 Å². The van der Waals surface area contributed by atoms with Crippen molar-refractivity contribution in [2.45, 2.75) is 19.4 Å². The lowest BCUT2D eigenvalue weighted by atomic mass is 10.1. The van der Waals surface area contributed by atoms with Crippen LogP contribution < -0.4 is 11.1 Å². The summed E-state index contributed by atoms with van der Waals surface area (Å²) < 4.78 is 0. The number of nitrogens with one attached hydrogen (secondary N) is 1. The lowest BCUT2D eigenvalue weighted by Crippen LogP contribution is -2.28. The summed E-state index contributed by atoms with van der Waals surface area (Å²) in [7, 11) is 0. The zero-order valence-corrected chi connectivity index (χ0v) is 9.51. The Hall–Kier alpha value is -2.13. The van der Waals surface area contributed by atoms with Crippen LogP contribution in [0.15, 0.2) is 18.2 Å². The normalized spacial score (nSPS) is 11.6. The molecule has 0 fully saturated rings. The van der Waals surface area contributed by atoms with Gasteiger partial charge in [0.1, 0.15) is 11.6 Å². The fourth-order valence-corrected chi connectivity index (χ4v) is 1.29. The molecule has 1 aromatic rings. The average Bonchev–Trinajstić information content (AvgIpc) is 2.35. The van der Waals surface area contributed by atoms with E-state index >= 15 is 0 Å². The van der Waals surface area contributed by atoms with Gasteiger partial charge in [-0.25, -0.2) is 0 Å². The van der Waals surface area contributed by atoms with Gasteiger partial charge in [0.05, 0.1) is 4.92 Å². The van der Waals surface area contributed by atoms with Gasteiger partial charge in [-0.15, -0.1) is 0 Å². The van der Waals surface area contributed by atoms with Gasteiger partial charge in [0.25, 0.3) is 5.69 Å². The van der Waals surface area contributed by atoms with E-state index in [1.165, 1.54) is 12.1 Å². The maximum atomic E-state index is 10.6. The quantitative estimate of drug-likeness (QED) is 0.594. The third kappa shape index (κ3) is 3.43. The minimum absolute atomic E-state index is 0.0238. The molecule has 0 saturated heterocycles. The van der Waals surface area contributed by atoms with E-state index in [0.29, 0.717) is 12.2 Å². The average molecular weight is 234 g/mol. The molecular formula is C11H14N4O2. The number of benzene rings is 1. The Morgan fingerprint density at radius 3 is 2.88 bits per heavy atom. The van der Waals surface area contributed by atoms with Crippen molar-refractivity contribution in [3.8, 4) is 6.07 Å². The number of nitrogens with zero attached hydrogens (tertiary/aromatic N) is 2. The number of rotatable bonds is 5. The molecule has 0 saturated carbocycles. The van der Waals surface area contributed by atoms with E-state index in [-0.39, 0.29) is 17.3 Å². The van der Waals surface area contributed by atoms with Crippen molar-refractivity contribution in [2.24, 2.45) is 5.73 Å². The summed E-state index contributed by atoms with van der Waals surface area (Å²) in [6.45, 7) is 2.54. The Kier molecular flexibility index (Phi) is 4.43. The molecule has 0 aromatic heterocycles. The molecule has 0 heterocycles. The molecule has 3 N–H and O–H groups in total. The number of nitro groups is 1. The Morgan fingerprint density at radius 1 is 1.65 bits per heavy atom. The van der Waals surface area contributed by atoms with Crippen molar-refractivity contribution in [1.82, 2.24) is 0 Å². The first-order valence-electron chi connectivity index (χ1n) is 5.26. The first kappa shape index (κ1) is 12.9. The molecular weight excluding hydrogens is 220 g/mol. The zero-order valence-electron chi connectivity index (χ0n) is 9.51. The number of hydrogen-bond donors (Lipinski definition) is 2. The summed E-state index contributed by atoms with van der Waals surface area (Å²) in [4.78, 5) is 10.0. The molecule has 6 heteroatoms. The van der Waals surface area contributed by atoms with E-state index in [1.54, 1.807) is 12.1 Å². The molecule has 0 aliphatic carbocycles. The van der Waals surface area contributed by atoms with Gasteiger partial charge in [0.2, 0.25) is 0 Å². The summed E-state index contributed by atoms with van der Waals surface area (Å²) in [5, 5.41) is 22.5. The highest BCUT2D eigenvalue weighted by Crippen LogP contribution is 2.21. The largest absolute Gasteiger partial charge is 0.383 e. The van der Waals surface area contributed by atoms with Crippen LogP contribution in [0, 0.1) is 21.4 Å². The molecule has 17 heavy (non-hydrogen) atoms. The number of hydrogen-bond acceptors (Lipinski definition) is 5. The molecule has 1 unspecified atom stereocenters. The van der Waals surface area contributed by atoms with Crippen molar-refractivity contribution >= 4 is 11.4 Å². The van der Waals surface area contributed by atoms with E-state index in [4.69, 9.17) is 11.0 Å². The zero-order chi connectivity index (χ0) is 12.8. The van der Waals surface area contributed by atoms with Gasteiger partial charge in [-0.2, -0.15) is 5.26 Å². The predicted molar refractivity (Wildman–Crippen MR) is 64.6 cm³/mol. The van der Waals surface area contributed by atoms with Crippen LogP contribution in [0.1, 0.15) is 18.9 Å². The van der Waals surface area contributed by atoms with Crippen molar-refractivity contribution in [2.75, 3.05) is 11.9 Å². The maximum absolute atomic E-state index is 10.6. The minimum atomic E-state index is -0.569. The lowest BCUT2D eigenvalue weighted by Gasteiger charge is -2.11. The number of nitrogens with two attached hydrogens (primary N) is 1. The molecule has 0 spiro atoms. The molecule has 0 bridgehead atoms. The summed E-state index contributed by atoms with van der Waals surface area (Å²) in [6.07, 6.45) is 0.838. The van der Waals surface area contributed by atoms with Crippen LogP contribution in [0.3, 0.4) is 0 Å². The number of nitriles is 1. The molecule has 0 aliphatic heterocycles. The van der Waals surface area contributed by atoms with Crippen molar-refractivity contribution in [3.63, 3.8) is 0 Å². The summed E-state index contributed by atoms with van der Waals surface area (Å²) >= 11 is 0. The van der Waals surface area contributed by atoms with Crippen LogP contribution in [-0.4, -0.2) is 17.5 Å². The summed E-state index contributed by atoms with van der Waals surface area (Å²) in [5.74, 6) is 0. The molecule has 1 atom stereocenters. The Bertz CT molecular complexity index is 453. The van der Waals surface area contributed by atoms with Gasteiger partial charge in [0.15, 0.2) is 0 Å². The van der Waals surface area contributed by atoms with Gasteiger partial charge in [-0.1, -0.05) is 6.92 Å². The highest BCUT2D eigenvalue weighted by molar-refractivity contribution is 5.58. The predicted octanol–water partition coefficient (Wildman–Crippen LogP) is 1.62. The SMILES string of the molecule is CCC(N)CNc1ccc([N+](=O)[O-])c(C#N)c1. The third-order valence-corrected chi connectivity index (χ3v) is 2.41. The monoisotopic (exact) mass is 234 g/mol. The Balaban J connectivity index is 2.84. The second-order valence-electron chi connectivity index (χ2n) is 3.65. The van der Waals surface area contributed by atoms with Gasteiger partial charge in [0, 0.05) is 24.3 Å². The molecule has 0 radical (unpaired) electrons. The molecule has 90 valence electrons. The number of nitro benzene ring substituents is 1. The van der Waals surface area contributed by atoms with Crippen LogP contribution >= 0.6 is 0 Å². The van der Waals surface area contributed by atoms with E-state index in [9.17, 15) is 10.1 Å². The lowest BCUT2D eigenvalue weighted by molar-refractivity contribution is -0.385. The molecule has 6 nitrogen and oxygen atoms in total. The summed E-state index contributed by atoms with van der Waals surface area (Å²) in [6, 6.07) is 6.18. The summed E-state index contributed by atoms with van der Waals surface area (Å²) in [5.41, 5.74) is 6.26. The van der Waals surface area contributed by atoms with E-state index < -0.39 is 4.92 Å². The Morgan fingerprint density at radius 2 is 2.35 bits per heavy atom. The smallest absolute Gasteiger partial charge is 0.287 e. The first-order valence-corrected chi connectivity index (χ1v) is 5.26. The second-order valence-corrected chi connectivity index (χ2v) is 3.65. The van der Waals surface area contributed by atoms with Crippen LogP contribution in [-0.2, 0) is 0 Å². The first-order chi connectivity index (χ1) is 8.08. The van der Waals surface area contributed by atoms with E-state index in [0.717, 1.165) is 6.42 Å². The minimum Gasteiger partial charge on any atom is -0.383 e. The third-order valence-electron chi connectivity index (χ3n) is 2.41. The topological polar surface area (TPSA) is 105 Å². The van der Waals surface area contributed by atoms with Crippen molar-refractivity contribution < 1.29 is 4.92 Å². The van der Waals surface area contributed by atoms with Crippen LogP contribution in [0.5, 0.6) is 0 Å². The maximum Gasteiger partial charge on any atom is 0.287 e. The van der Waals surface area contributed by atoms with Crippen molar-refractivity contribution in [3.05, 3.63) is 33.9 Å². The van der Waals surface area contributed by atoms with Crippen LogP contribution in [0.2, 0.25) is 0 Å². The standard InChI is InChI=1S/C11H14N4O2/c1-2-9(13)7-14-10-3-4-11(15(16)17)8(5-10)6-12/h3-5,9,14H,2,7,13H2,1H3. The van der Waals surface area contributed by atoms with Crippen LogP contribution in [0.25, 0.3) is 0 Å². The fraction of sp³-hybridized carbons (Fsp3) is 0.364. The fourth-order valence-electron chi connectivity index (χ4n) is 1.29. The highest BCUT2D eigenvalue weighted by Gasteiger charge is 2.13. The van der Waals surface area contributed by atoms with Gasteiger partial charge >= 0.3 is 0 Å². The van der Waals surface area contributed by atoms with E-state index in [2.05, 4.69) is 5.32 Å². The van der Waals surface area contributed by atoms with Crippen molar-refractivity contribution in [1.29, 1.82) is 5.26 Å². The van der Waals surface area contributed by atoms with Gasteiger partial charge in [-0.05, 0) is 18.6 Å². The molecule has 1 rings (SSSR count). The highest BCUT2D eigenvalue weighted by atomic mass is 16.6. The van der Waals surface area contributed by atoms with E-state index in [1.807, 2.05) is 6.92 Å². The second kappa shape index (κ2) is 5.82. The molecule has 1 aromatic carbocycles. The number of anilines is 1. The van der Waals surface area contributed by atoms with Gasteiger partial charge < -0.3 is 11.1 Å².